The van der Waals surface area contributed by atoms with E-state index in [4.69, 9.17) is 0 Å². The van der Waals surface area contributed by atoms with Crippen LogP contribution in [0, 0.1) is 6.92 Å². The molecular weight excluding hydrogens is 318 g/mol. The summed E-state index contributed by atoms with van der Waals surface area (Å²) in [6, 6.07) is 8.43. The van der Waals surface area contributed by atoms with Crippen LogP contribution in [0.3, 0.4) is 0 Å². The van der Waals surface area contributed by atoms with Crippen LogP contribution in [0.2, 0.25) is 0 Å². The van der Waals surface area contributed by atoms with Crippen molar-refractivity contribution < 1.29 is 0 Å². The third kappa shape index (κ3) is 4.37. The minimum absolute atomic E-state index is 0.945. The summed E-state index contributed by atoms with van der Waals surface area (Å²) in [4.78, 5) is 4.97. The van der Waals surface area contributed by atoms with Gasteiger partial charge in [0.1, 0.15) is 0 Å². The maximum atomic E-state index is 4.38. The number of hydrogen-bond acceptors (Lipinski definition) is 5. The Kier molecular flexibility index (Phi) is 5.92. The van der Waals surface area contributed by atoms with Crippen LogP contribution < -0.4 is 0 Å². The summed E-state index contributed by atoms with van der Waals surface area (Å²) < 4.78 is 2.11. The number of likely N-dealkylation sites (N-methyl/N-ethyl adjacent to an activating group) is 1. The second-order valence-corrected chi connectivity index (χ2v) is 7.64. The Balaban J connectivity index is 1.50. The molecular formula is C18H27N5S. The molecule has 0 atom stereocenters. The average molecular weight is 346 g/mol. The summed E-state index contributed by atoms with van der Waals surface area (Å²) in [6.07, 6.45) is 1.20. The molecule has 0 aliphatic carbocycles. The number of hydrogen-bond donors (Lipinski definition) is 0. The number of aromatic nitrogens is 3. The fraction of sp³-hybridized carbons (Fsp3) is 0.556. The molecule has 3 rings (SSSR count). The monoisotopic (exact) mass is 345 g/mol. The molecule has 5 nitrogen and oxygen atoms in total. The molecule has 1 saturated heterocycles. The van der Waals surface area contributed by atoms with Gasteiger partial charge in [0, 0.05) is 44.5 Å². The van der Waals surface area contributed by atoms with Crippen molar-refractivity contribution in [3.63, 3.8) is 0 Å². The standard InChI is InChI=1S/C18H27N5S/c1-15-6-4-7-16(14-15)17-19-20-18(22(17)3)24-13-5-8-23-11-9-21(2)10-12-23/h4,6-7,14H,5,8-13H2,1-3H3. The highest BCUT2D eigenvalue weighted by molar-refractivity contribution is 7.99. The van der Waals surface area contributed by atoms with Crippen LogP contribution >= 0.6 is 11.8 Å². The van der Waals surface area contributed by atoms with Crippen molar-refractivity contribution in [2.75, 3.05) is 45.5 Å². The number of rotatable bonds is 6. The zero-order valence-electron chi connectivity index (χ0n) is 14.9. The van der Waals surface area contributed by atoms with Gasteiger partial charge >= 0.3 is 0 Å². The molecule has 0 amide bonds. The summed E-state index contributed by atoms with van der Waals surface area (Å²) in [6.45, 7) is 8.06. The third-order valence-electron chi connectivity index (χ3n) is 4.56. The summed E-state index contributed by atoms with van der Waals surface area (Å²) in [5.41, 5.74) is 2.38. The summed E-state index contributed by atoms with van der Waals surface area (Å²) >= 11 is 1.81. The van der Waals surface area contributed by atoms with Crippen LogP contribution in [0.15, 0.2) is 29.4 Å². The fourth-order valence-electron chi connectivity index (χ4n) is 3.00. The van der Waals surface area contributed by atoms with E-state index in [1.807, 2.05) is 11.8 Å². The van der Waals surface area contributed by atoms with Gasteiger partial charge in [-0.2, -0.15) is 0 Å². The Morgan fingerprint density at radius 1 is 1.08 bits per heavy atom. The minimum atomic E-state index is 0.945. The molecule has 0 saturated carbocycles. The van der Waals surface area contributed by atoms with Crippen LogP contribution in [0.25, 0.3) is 11.4 Å². The average Bonchev–Trinajstić information content (AvgIpc) is 2.94. The summed E-state index contributed by atoms with van der Waals surface area (Å²) in [5.74, 6) is 2.03. The normalized spacial score (nSPS) is 16.6. The Hall–Kier alpha value is -1.37. The maximum Gasteiger partial charge on any atom is 0.191 e. The van der Waals surface area contributed by atoms with E-state index in [-0.39, 0.29) is 0 Å². The van der Waals surface area contributed by atoms with Gasteiger partial charge in [-0.1, -0.05) is 35.5 Å². The van der Waals surface area contributed by atoms with Gasteiger partial charge in [-0.05, 0) is 33.0 Å². The molecule has 0 radical (unpaired) electrons. The van der Waals surface area contributed by atoms with Gasteiger partial charge in [0.25, 0.3) is 0 Å². The predicted molar refractivity (Wildman–Crippen MR) is 100 cm³/mol. The number of nitrogens with zero attached hydrogens (tertiary/aromatic N) is 5. The van der Waals surface area contributed by atoms with Crippen molar-refractivity contribution in [1.82, 2.24) is 24.6 Å². The van der Waals surface area contributed by atoms with E-state index in [1.54, 1.807) is 0 Å². The first kappa shape index (κ1) is 17.5. The van der Waals surface area contributed by atoms with E-state index in [2.05, 4.69) is 69.8 Å². The first-order valence-electron chi connectivity index (χ1n) is 8.63. The Morgan fingerprint density at radius 2 is 1.88 bits per heavy atom. The molecule has 1 aliphatic rings. The van der Waals surface area contributed by atoms with Gasteiger partial charge in [0.05, 0.1) is 0 Å². The van der Waals surface area contributed by atoms with Crippen LogP contribution in [0.1, 0.15) is 12.0 Å². The van der Waals surface area contributed by atoms with Crippen molar-refractivity contribution in [2.24, 2.45) is 7.05 Å². The van der Waals surface area contributed by atoms with Gasteiger partial charge in [0.15, 0.2) is 11.0 Å². The highest BCUT2D eigenvalue weighted by Crippen LogP contribution is 2.23. The fourth-order valence-corrected chi connectivity index (χ4v) is 3.83. The van der Waals surface area contributed by atoms with Gasteiger partial charge in [0.2, 0.25) is 0 Å². The molecule has 24 heavy (non-hydrogen) atoms. The molecule has 2 heterocycles. The van der Waals surface area contributed by atoms with Crippen molar-refractivity contribution in [3.8, 4) is 11.4 Å². The van der Waals surface area contributed by atoms with E-state index in [1.165, 1.54) is 44.7 Å². The molecule has 1 fully saturated rings. The van der Waals surface area contributed by atoms with Crippen LogP contribution in [-0.4, -0.2) is 70.1 Å². The smallest absolute Gasteiger partial charge is 0.191 e. The molecule has 1 aliphatic heterocycles. The topological polar surface area (TPSA) is 37.2 Å². The van der Waals surface area contributed by atoms with E-state index >= 15 is 0 Å². The lowest BCUT2D eigenvalue weighted by molar-refractivity contribution is 0.154. The third-order valence-corrected chi connectivity index (χ3v) is 5.66. The molecule has 130 valence electrons. The second kappa shape index (κ2) is 8.14. The van der Waals surface area contributed by atoms with Gasteiger partial charge in [-0.3, -0.25) is 0 Å². The van der Waals surface area contributed by atoms with Crippen molar-refractivity contribution in [1.29, 1.82) is 0 Å². The first-order chi connectivity index (χ1) is 11.6. The minimum Gasteiger partial charge on any atom is -0.305 e. The predicted octanol–water partition coefficient (Wildman–Crippen LogP) is 2.52. The Morgan fingerprint density at radius 3 is 2.62 bits per heavy atom. The quantitative estimate of drug-likeness (QED) is 0.594. The number of thioether (sulfide) groups is 1. The highest BCUT2D eigenvalue weighted by atomic mass is 32.2. The first-order valence-corrected chi connectivity index (χ1v) is 9.62. The Labute approximate surface area is 149 Å². The Bertz CT molecular complexity index is 661. The lowest BCUT2D eigenvalue weighted by atomic mass is 10.1. The maximum absolute atomic E-state index is 4.38. The van der Waals surface area contributed by atoms with Crippen LogP contribution in [0.5, 0.6) is 0 Å². The molecule has 2 aromatic rings. The van der Waals surface area contributed by atoms with Gasteiger partial charge in [-0.25, -0.2) is 0 Å². The molecule has 0 bridgehead atoms. The van der Waals surface area contributed by atoms with E-state index in [9.17, 15) is 0 Å². The molecule has 0 N–H and O–H groups in total. The molecule has 1 aromatic carbocycles. The van der Waals surface area contributed by atoms with E-state index in [0.717, 1.165) is 22.3 Å². The number of benzene rings is 1. The lowest BCUT2D eigenvalue weighted by Crippen LogP contribution is -2.44. The van der Waals surface area contributed by atoms with E-state index < -0.39 is 0 Å². The van der Waals surface area contributed by atoms with Crippen molar-refractivity contribution in [2.45, 2.75) is 18.5 Å². The summed E-state index contributed by atoms with van der Waals surface area (Å²) in [5, 5.41) is 9.76. The lowest BCUT2D eigenvalue weighted by Gasteiger charge is -2.32. The molecule has 6 heteroatoms. The van der Waals surface area contributed by atoms with Crippen LogP contribution in [0.4, 0.5) is 0 Å². The SMILES string of the molecule is Cc1cccc(-c2nnc(SCCCN3CCN(C)CC3)n2C)c1. The second-order valence-electron chi connectivity index (χ2n) is 6.58. The van der Waals surface area contributed by atoms with Gasteiger partial charge < -0.3 is 14.4 Å². The molecule has 0 unspecified atom stereocenters. The zero-order chi connectivity index (χ0) is 16.9. The molecule has 0 spiro atoms. The zero-order valence-corrected chi connectivity index (χ0v) is 15.7. The van der Waals surface area contributed by atoms with Gasteiger partial charge in [-0.15, -0.1) is 10.2 Å². The highest BCUT2D eigenvalue weighted by Gasteiger charge is 2.14. The van der Waals surface area contributed by atoms with Crippen molar-refractivity contribution >= 4 is 11.8 Å². The summed E-state index contributed by atoms with van der Waals surface area (Å²) in [7, 11) is 4.26. The van der Waals surface area contributed by atoms with Crippen molar-refractivity contribution in [3.05, 3.63) is 29.8 Å². The van der Waals surface area contributed by atoms with Crippen LogP contribution in [-0.2, 0) is 7.05 Å². The number of aryl methyl sites for hydroxylation is 1. The number of piperazine rings is 1. The largest absolute Gasteiger partial charge is 0.305 e. The molecule has 1 aromatic heterocycles. The van der Waals surface area contributed by atoms with E-state index in [0.29, 0.717) is 0 Å².